The zero-order valence-electron chi connectivity index (χ0n) is 3.65. The van der Waals surface area contributed by atoms with E-state index in [0.717, 1.165) is 13.1 Å². The van der Waals surface area contributed by atoms with E-state index in [1.54, 1.807) is 0 Å². The highest BCUT2D eigenvalue weighted by molar-refractivity contribution is 7.81. The van der Waals surface area contributed by atoms with Crippen LogP contribution in [-0.4, -0.2) is 18.3 Å². The molecule has 1 aliphatic heterocycles. The first-order chi connectivity index (χ1) is 2.89. The Hall–Kier alpha value is 0.310. The van der Waals surface area contributed by atoms with E-state index in [-0.39, 0.29) is 7.43 Å². The molecule has 1 rings (SSSR count). The monoisotopic (exact) mass is 119 g/mol. The molecule has 0 radical (unpaired) electrons. The Kier molecular flexibility index (Phi) is 3.48. The molecule has 0 aromatic rings. The predicted octanol–water partition coefficient (Wildman–Crippen LogP) is 0.914. The number of nitrogens with one attached hydrogen (secondary N) is 1. The van der Waals surface area contributed by atoms with E-state index in [9.17, 15) is 0 Å². The molecule has 0 saturated carbocycles. The fraction of sp³-hybridized carbons (Fsp3) is 1.00. The quantitative estimate of drug-likeness (QED) is 0.452. The predicted molar refractivity (Wildman–Crippen MR) is 37.0 cm³/mol. The summed E-state index contributed by atoms with van der Waals surface area (Å²) in [6.07, 6.45) is 1.24. The van der Waals surface area contributed by atoms with Gasteiger partial charge in [0, 0.05) is 11.8 Å². The Labute approximate surface area is 50.9 Å². The van der Waals surface area contributed by atoms with Crippen LogP contribution in [0, 0.1) is 0 Å². The van der Waals surface area contributed by atoms with E-state index >= 15 is 0 Å². The van der Waals surface area contributed by atoms with Gasteiger partial charge in [-0.3, -0.25) is 0 Å². The molecule has 1 nitrogen and oxygen atoms in total. The SMILES string of the molecule is C.SC1CCNC1. The van der Waals surface area contributed by atoms with Gasteiger partial charge in [0.25, 0.3) is 0 Å². The molecule has 1 aliphatic rings. The first-order valence-electron chi connectivity index (χ1n) is 2.28. The molecule has 1 N–H and O–H groups in total. The number of hydrogen-bond donors (Lipinski definition) is 2. The molecule has 1 atom stereocenters. The summed E-state index contributed by atoms with van der Waals surface area (Å²) < 4.78 is 0. The van der Waals surface area contributed by atoms with Crippen molar-refractivity contribution in [2.75, 3.05) is 13.1 Å². The number of rotatable bonds is 0. The molecule has 1 heterocycles. The van der Waals surface area contributed by atoms with Gasteiger partial charge in [0.2, 0.25) is 0 Å². The zero-order chi connectivity index (χ0) is 4.41. The maximum Gasteiger partial charge on any atom is 0.0154 e. The van der Waals surface area contributed by atoms with Crippen LogP contribution in [0.2, 0.25) is 0 Å². The van der Waals surface area contributed by atoms with Crippen molar-refractivity contribution in [3.05, 3.63) is 0 Å². The van der Waals surface area contributed by atoms with Gasteiger partial charge < -0.3 is 5.32 Å². The van der Waals surface area contributed by atoms with Crippen LogP contribution >= 0.6 is 12.6 Å². The van der Waals surface area contributed by atoms with Gasteiger partial charge in [0.05, 0.1) is 0 Å². The zero-order valence-corrected chi connectivity index (χ0v) is 4.54. The Morgan fingerprint density at radius 3 is 2.43 bits per heavy atom. The minimum atomic E-state index is 0. The minimum Gasteiger partial charge on any atom is -0.316 e. The molecule has 0 amide bonds. The summed E-state index contributed by atoms with van der Waals surface area (Å²) in [5.74, 6) is 0. The van der Waals surface area contributed by atoms with E-state index in [1.807, 2.05) is 0 Å². The second kappa shape index (κ2) is 3.33. The molecule has 0 aromatic heterocycles. The van der Waals surface area contributed by atoms with Gasteiger partial charge in [0.15, 0.2) is 0 Å². The molecule has 0 spiro atoms. The first-order valence-corrected chi connectivity index (χ1v) is 2.80. The van der Waals surface area contributed by atoms with Crippen molar-refractivity contribution >= 4 is 12.6 Å². The van der Waals surface area contributed by atoms with Crippen LogP contribution in [0.25, 0.3) is 0 Å². The topological polar surface area (TPSA) is 12.0 Å². The van der Waals surface area contributed by atoms with Gasteiger partial charge in [0.1, 0.15) is 0 Å². The van der Waals surface area contributed by atoms with E-state index in [0.29, 0.717) is 5.25 Å². The second-order valence-electron chi connectivity index (χ2n) is 1.65. The van der Waals surface area contributed by atoms with Crippen LogP contribution in [0.5, 0.6) is 0 Å². The van der Waals surface area contributed by atoms with Crippen LogP contribution in [0.1, 0.15) is 13.8 Å². The summed E-state index contributed by atoms with van der Waals surface area (Å²) >= 11 is 4.23. The lowest BCUT2D eigenvalue weighted by atomic mass is 10.4. The molecule has 1 unspecified atom stereocenters. The van der Waals surface area contributed by atoms with Crippen molar-refractivity contribution in [3.63, 3.8) is 0 Å². The maximum atomic E-state index is 4.23. The van der Waals surface area contributed by atoms with Crippen molar-refractivity contribution in [3.8, 4) is 0 Å². The molecular weight excluding hydrogens is 106 g/mol. The van der Waals surface area contributed by atoms with Crippen LogP contribution in [0.3, 0.4) is 0 Å². The minimum absolute atomic E-state index is 0. The standard InChI is InChI=1S/C4H9NS.CH4/c6-4-1-2-5-3-4;/h4-6H,1-3H2;1H4. The third-order valence-corrected chi connectivity index (χ3v) is 1.48. The van der Waals surface area contributed by atoms with Crippen LogP contribution in [0.4, 0.5) is 0 Å². The lowest BCUT2D eigenvalue weighted by Gasteiger charge is -1.89. The summed E-state index contributed by atoms with van der Waals surface area (Å²) in [6.45, 7) is 2.26. The third-order valence-electron chi connectivity index (χ3n) is 1.03. The summed E-state index contributed by atoms with van der Waals surface area (Å²) in [4.78, 5) is 0. The van der Waals surface area contributed by atoms with Gasteiger partial charge in [-0.1, -0.05) is 7.43 Å². The summed E-state index contributed by atoms with van der Waals surface area (Å²) in [7, 11) is 0. The first kappa shape index (κ1) is 7.31. The fourth-order valence-corrected chi connectivity index (χ4v) is 0.898. The highest BCUT2D eigenvalue weighted by atomic mass is 32.1. The van der Waals surface area contributed by atoms with Crippen molar-refractivity contribution < 1.29 is 0 Å². The maximum absolute atomic E-state index is 4.23. The smallest absolute Gasteiger partial charge is 0.0154 e. The van der Waals surface area contributed by atoms with Crippen LogP contribution < -0.4 is 5.32 Å². The molecule has 2 heteroatoms. The average molecular weight is 119 g/mol. The van der Waals surface area contributed by atoms with Gasteiger partial charge in [-0.05, 0) is 13.0 Å². The largest absolute Gasteiger partial charge is 0.316 e. The summed E-state index contributed by atoms with van der Waals surface area (Å²) in [6, 6.07) is 0. The van der Waals surface area contributed by atoms with E-state index in [1.165, 1.54) is 6.42 Å². The molecule has 44 valence electrons. The van der Waals surface area contributed by atoms with Crippen molar-refractivity contribution in [1.29, 1.82) is 0 Å². The van der Waals surface area contributed by atoms with Crippen LogP contribution in [0.15, 0.2) is 0 Å². The van der Waals surface area contributed by atoms with E-state index in [4.69, 9.17) is 0 Å². The lowest BCUT2D eigenvalue weighted by Crippen LogP contribution is -2.07. The normalized spacial score (nSPS) is 29.6. The average Bonchev–Trinajstić information content (AvgIpc) is 1.86. The van der Waals surface area contributed by atoms with Gasteiger partial charge in [-0.25, -0.2) is 0 Å². The lowest BCUT2D eigenvalue weighted by molar-refractivity contribution is 0.859. The van der Waals surface area contributed by atoms with Crippen molar-refractivity contribution in [1.82, 2.24) is 5.32 Å². The van der Waals surface area contributed by atoms with E-state index < -0.39 is 0 Å². The molecule has 0 bridgehead atoms. The van der Waals surface area contributed by atoms with E-state index in [2.05, 4.69) is 17.9 Å². The van der Waals surface area contributed by atoms with Crippen molar-refractivity contribution in [2.45, 2.75) is 19.1 Å². The second-order valence-corrected chi connectivity index (χ2v) is 2.38. The van der Waals surface area contributed by atoms with Crippen LogP contribution in [-0.2, 0) is 0 Å². The number of thiol groups is 1. The Morgan fingerprint density at radius 2 is 2.29 bits per heavy atom. The van der Waals surface area contributed by atoms with Gasteiger partial charge in [-0.15, -0.1) is 0 Å². The van der Waals surface area contributed by atoms with Gasteiger partial charge in [-0.2, -0.15) is 12.6 Å². The Morgan fingerprint density at radius 1 is 1.57 bits per heavy atom. The molecule has 1 fully saturated rings. The summed E-state index contributed by atoms with van der Waals surface area (Å²) in [5, 5.41) is 3.83. The highest BCUT2D eigenvalue weighted by Gasteiger charge is 2.07. The van der Waals surface area contributed by atoms with Crippen molar-refractivity contribution in [2.24, 2.45) is 0 Å². The van der Waals surface area contributed by atoms with Gasteiger partial charge >= 0.3 is 0 Å². The third kappa shape index (κ3) is 2.19. The fourth-order valence-electron chi connectivity index (χ4n) is 0.639. The highest BCUT2D eigenvalue weighted by Crippen LogP contribution is 2.02. The number of hydrogen-bond acceptors (Lipinski definition) is 2. The molecule has 0 aromatic carbocycles. The molecule has 0 aliphatic carbocycles. The molecular formula is C5H13NS. The Bertz CT molecular complexity index is 41.3. The molecule has 1 saturated heterocycles. The molecule has 7 heavy (non-hydrogen) atoms. The Balaban J connectivity index is 0.000000360. The summed E-state index contributed by atoms with van der Waals surface area (Å²) in [5.41, 5.74) is 0.